The molecule has 0 amide bonds. The fourth-order valence-electron chi connectivity index (χ4n) is 3.44. The lowest BCUT2D eigenvalue weighted by molar-refractivity contribution is 0.0318. The number of Topliss-reactive ketones (excluding diaryl/α,β-unsaturated/α-hetero) is 1. The van der Waals surface area contributed by atoms with Crippen molar-refractivity contribution in [3.05, 3.63) is 95.1 Å². The normalized spacial score (nSPS) is 12.1. The van der Waals surface area contributed by atoms with Crippen LogP contribution >= 0.6 is 0 Å². The largest absolute Gasteiger partial charge is 0.451 e. The molecule has 0 aromatic heterocycles. The van der Waals surface area contributed by atoms with E-state index in [9.17, 15) is 18.0 Å². The van der Waals surface area contributed by atoms with Crippen LogP contribution in [0, 0.1) is 13.8 Å². The number of aryl methyl sites for hydroxylation is 2. The van der Waals surface area contributed by atoms with Gasteiger partial charge < -0.3 is 4.74 Å². The molecule has 0 aliphatic rings. The van der Waals surface area contributed by atoms with E-state index in [4.69, 9.17) is 4.74 Å². The van der Waals surface area contributed by atoms with E-state index in [0.717, 1.165) is 5.56 Å². The third-order valence-corrected chi connectivity index (χ3v) is 7.36. The number of anilines is 1. The standard InChI is InChI=1S/C26H27NO5S/c1-5-27(23-9-7-6-8-10-23)33(30,31)24-17-22(16-13-19(24)3)26(29)32-20(4)25(28)21-14-11-18(2)12-15-21/h6-17,20H,5H2,1-4H3/t20-/m0/s1. The molecule has 33 heavy (non-hydrogen) atoms. The molecule has 3 aromatic carbocycles. The number of ketones is 1. The molecule has 3 aromatic rings. The lowest BCUT2D eigenvalue weighted by Crippen LogP contribution is -2.31. The summed E-state index contributed by atoms with van der Waals surface area (Å²) in [7, 11) is -3.92. The van der Waals surface area contributed by atoms with Crippen LogP contribution in [0.5, 0.6) is 0 Å². The molecule has 6 nitrogen and oxygen atoms in total. The minimum absolute atomic E-state index is 0.0140. The predicted molar refractivity (Wildman–Crippen MR) is 128 cm³/mol. The third kappa shape index (κ3) is 5.31. The molecule has 1 atom stereocenters. The Bertz CT molecular complexity index is 1250. The summed E-state index contributed by atoms with van der Waals surface area (Å²) in [6.07, 6.45) is -1.02. The molecular weight excluding hydrogens is 438 g/mol. The average Bonchev–Trinajstić information content (AvgIpc) is 2.80. The Morgan fingerprint density at radius 3 is 2.12 bits per heavy atom. The fourth-order valence-corrected chi connectivity index (χ4v) is 5.17. The minimum Gasteiger partial charge on any atom is -0.451 e. The third-order valence-electron chi connectivity index (χ3n) is 5.31. The predicted octanol–water partition coefficient (Wildman–Crippen LogP) is 4.95. The highest BCUT2D eigenvalue weighted by Gasteiger charge is 2.27. The molecular formula is C26H27NO5S. The maximum atomic E-state index is 13.4. The smallest absolute Gasteiger partial charge is 0.338 e. The number of ether oxygens (including phenoxy) is 1. The van der Waals surface area contributed by atoms with Gasteiger partial charge in [0.25, 0.3) is 10.0 Å². The maximum Gasteiger partial charge on any atom is 0.338 e. The Hall–Kier alpha value is -3.45. The average molecular weight is 466 g/mol. The molecule has 0 aliphatic heterocycles. The summed E-state index contributed by atoms with van der Waals surface area (Å²) >= 11 is 0. The van der Waals surface area contributed by atoms with Crippen molar-refractivity contribution in [3.8, 4) is 0 Å². The lowest BCUT2D eigenvalue weighted by Gasteiger charge is -2.24. The number of para-hydroxylation sites is 1. The van der Waals surface area contributed by atoms with Crippen LogP contribution in [0.1, 0.15) is 45.7 Å². The van der Waals surface area contributed by atoms with E-state index < -0.39 is 22.1 Å². The van der Waals surface area contributed by atoms with Crippen molar-refractivity contribution in [1.82, 2.24) is 0 Å². The number of carbonyl (C=O) groups excluding carboxylic acids is 2. The van der Waals surface area contributed by atoms with Crippen LogP contribution in [0.4, 0.5) is 5.69 Å². The summed E-state index contributed by atoms with van der Waals surface area (Å²) in [6.45, 7) is 7.06. The lowest BCUT2D eigenvalue weighted by atomic mass is 10.1. The molecule has 0 saturated carbocycles. The van der Waals surface area contributed by atoms with Gasteiger partial charge in [-0.15, -0.1) is 0 Å². The number of hydrogen-bond acceptors (Lipinski definition) is 5. The van der Waals surface area contributed by atoms with Gasteiger partial charge in [-0.05, 0) is 57.5 Å². The Morgan fingerprint density at radius 1 is 0.909 bits per heavy atom. The van der Waals surface area contributed by atoms with Crippen LogP contribution in [0.25, 0.3) is 0 Å². The first-order valence-electron chi connectivity index (χ1n) is 10.7. The van der Waals surface area contributed by atoms with Crippen molar-refractivity contribution in [3.63, 3.8) is 0 Å². The fraction of sp³-hybridized carbons (Fsp3) is 0.231. The Morgan fingerprint density at radius 2 is 1.52 bits per heavy atom. The molecule has 0 N–H and O–H groups in total. The second-order valence-electron chi connectivity index (χ2n) is 7.76. The number of esters is 1. The van der Waals surface area contributed by atoms with E-state index in [0.29, 0.717) is 16.8 Å². The molecule has 172 valence electrons. The molecule has 0 bridgehead atoms. The zero-order valence-electron chi connectivity index (χ0n) is 19.1. The number of rotatable bonds is 8. The minimum atomic E-state index is -3.92. The number of sulfonamides is 1. The summed E-state index contributed by atoms with van der Waals surface area (Å²) in [6, 6.07) is 20.1. The zero-order chi connectivity index (χ0) is 24.2. The van der Waals surface area contributed by atoms with Gasteiger partial charge in [-0.25, -0.2) is 13.2 Å². The summed E-state index contributed by atoms with van der Waals surface area (Å²) < 4.78 is 33.5. The molecule has 7 heteroatoms. The molecule has 0 unspecified atom stereocenters. The van der Waals surface area contributed by atoms with Crippen molar-refractivity contribution in [2.24, 2.45) is 0 Å². The van der Waals surface area contributed by atoms with Crippen molar-refractivity contribution in [2.75, 3.05) is 10.8 Å². The van der Waals surface area contributed by atoms with Crippen LogP contribution in [-0.4, -0.2) is 32.8 Å². The number of carbonyl (C=O) groups is 2. The molecule has 0 spiro atoms. The van der Waals surface area contributed by atoms with E-state index in [1.54, 1.807) is 56.3 Å². The van der Waals surface area contributed by atoms with Crippen LogP contribution in [0.3, 0.4) is 0 Å². The van der Waals surface area contributed by atoms with Gasteiger partial charge in [0.05, 0.1) is 16.1 Å². The van der Waals surface area contributed by atoms with Gasteiger partial charge >= 0.3 is 5.97 Å². The molecule has 0 heterocycles. The first kappa shape index (κ1) is 24.2. The van der Waals surface area contributed by atoms with Crippen LogP contribution in [-0.2, 0) is 14.8 Å². The second kappa shape index (κ2) is 10.0. The number of benzene rings is 3. The first-order chi connectivity index (χ1) is 15.6. The molecule has 0 fully saturated rings. The monoisotopic (exact) mass is 465 g/mol. The van der Waals surface area contributed by atoms with Gasteiger partial charge in [0.1, 0.15) is 0 Å². The SMILES string of the molecule is CCN(c1ccccc1)S(=O)(=O)c1cc(C(=O)O[C@@H](C)C(=O)c2ccc(C)cc2)ccc1C. The van der Waals surface area contributed by atoms with Crippen molar-refractivity contribution in [2.45, 2.75) is 38.7 Å². The Labute approximate surface area is 194 Å². The summed E-state index contributed by atoms with van der Waals surface area (Å²) in [5, 5.41) is 0. The van der Waals surface area contributed by atoms with Crippen molar-refractivity contribution < 1.29 is 22.7 Å². The van der Waals surface area contributed by atoms with Crippen molar-refractivity contribution >= 4 is 27.5 Å². The Balaban J connectivity index is 1.86. The van der Waals surface area contributed by atoms with Gasteiger partial charge in [0, 0.05) is 12.1 Å². The van der Waals surface area contributed by atoms with Crippen LogP contribution in [0.2, 0.25) is 0 Å². The van der Waals surface area contributed by atoms with Gasteiger partial charge in [0.15, 0.2) is 6.10 Å². The van der Waals surface area contributed by atoms with E-state index in [2.05, 4.69) is 0 Å². The van der Waals surface area contributed by atoms with Gasteiger partial charge in [-0.2, -0.15) is 0 Å². The number of hydrogen-bond donors (Lipinski definition) is 0. The van der Waals surface area contributed by atoms with Crippen LogP contribution in [0.15, 0.2) is 77.7 Å². The second-order valence-corrected chi connectivity index (χ2v) is 9.59. The first-order valence-corrected chi connectivity index (χ1v) is 12.1. The van der Waals surface area contributed by atoms with Crippen LogP contribution < -0.4 is 4.31 Å². The quantitative estimate of drug-likeness (QED) is 0.347. The van der Waals surface area contributed by atoms with E-state index in [-0.39, 0.29) is 22.8 Å². The van der Waals surface area contributed by atoms with Gasteiger partial charge in [-0.3, -0.25) is 9.10 Å². The maximum absolute atomic E-state index is 13.4. The molecule has 0 radical (unpaired) electrons. The van der Waals surface area contributed by atoms with Gasteiger partial charge in [0.2, 0.25) is 5.78 Å². The molecule has 0 aliphatic carbocycles. The topological polar surface area (TPSA) is 80.8 Å². The van der Waals surface area contributed by atoms with Gasteiger partial charge in [-0.1, -0.05) is 54.1 Å². The van der Waals surface area contributed by atoms with E-state index in [1.807, 2.05) is 25.1 Å². The number of nitrogens with zero attached hydrogens (tertiary/aromatic N) is 1. The summed E-state index contributed by atoms with van der Waals surface area (Å²) in [5.41, 5.74) is 2.55. The highest BCUT2D eigenvalue weighted by Crippen LogP contribution is 2.26. The molecule has 0 saturated heterocycles. The van der Waals surface area contributed by atoms with E-state index in [1.165, 1.54) is 23.4 Å². The zero-order valence-corrected chi connectivity index (χ0v) is 19.9. The van der Waals surface area contributed by atoms with E-state index >= 15 is 0 Å². The highest BCUT2D eigenvalue weighted by atomic mass is 32.2. The van der Waals surface area contributed by atoms with Crippen molar-refractivity contribution in [1.29, 1.82) is 0 Å². The highest BCUT2D eigenvalue weighted by molar-refractivity contribution is 7.92. The molecule has 3 rings (SSSR count). The summed E-state index contributed by atoms with van der Waals surface area (Å²) in [4.78, 5) is 25.4. The Kier molecular flexibility index (Phi) is 7.33. The summed E-state index contributed by atoms with van der Waals surface area (Å²) in [5.74, 6) is -1.09.